The third-order valence-electron chi connectivity index (χ3n) is 4.75. The van der Waals surface area contributed by atoms with Crippen LogP contribution in [0.3, 0.4) is 0 Å². The van der Waals surface area contributed by atoms with Gasteiger partial charge in [-0.15, -0.1) is 0 Å². The van der Waals surface area contributed by atoms with Crippen molar-refractivity contribution in [3.05, 3.63) is 57.6 Å². The van der Waals surface area contributed by atoms with Crippen molar-refractivity contribution in [3.63, 3.8) is 0 Å². The highest BCUT2D eigenvalue weighted by atomic mass is 79.9. The fourth-order valence-corrected chi connectivity index (χ4v) is 3.45. The van der Waals surface area contributed by atoms with E-state index in [4.69, 9.17) is 9.47 Å². The molecular weight excluding hydrogens is 446 g/mol. The predicted octanol–water partition coefficient (Wildman–Crippen LogP) is 5.13. The summed E-state index contributed by atoms with van der Waals surface area (Å²) >= 11 is 3.66. The number of hydrogen-bond donors (Lipinski definition) is 1. The Morgan fingerprint density at radius 3 is 2.63 bits per heavy atom. The number of ether oxygens (including phenoxy) is 2. The quantitative estimate of drug-likeness (QED) is 0.415. The van der Waals surface area contributed by atoms with Gasteiger partial charge in [0.15, 0.2) is 11.5 Å². The average molecular weight is 474 g/mol. The molecule has 0 aliphatic carbocycles. The first kappa shape index (κ1) is 22.1. The summed E-state index contributed by atoms with van der Waals surface area (Å²) in [7, 11) is 0. The molecule has 0 saturated carbocycles. The van der Waals surface area contributed by atoms with Gasteiger partial charge in [-0.1, -0.05) is 58.6 Å². The number of rotatable bonds is 11. The number of nitrogens with one attached hydrogen (secondary N) is 1. The van der Waals surface area contributed by atoms with Crippen LogP contribution in [0, 0.1) is 6.92 Å². The smallest absolute Gasteiger partial charge is 0.243 e. The third-order valence-corrected chi connectivity index (χ3v) is 5.49. The van der Waals surface area contributed by atoms with Crippen LogP contribution in [0.15, 0.2) is 40.9 Å². The highest BCUT2D eigenvalue weighted by Gasteiger charge is 2.13. The summed E-state index contributed by atoms with van der Waals surface area (Å²) in [5, 5.41) is 15.2. The molecule has 0 amide bonds. The van der Waals surface area contributed by atoms with Crippen LogP contribution in [0.4, 0.5) is 5.95 Å². The molecular formula is C22H28BrN5O2. The van der Waals surface area contributed by atoms with Crippen LogP contribution >= 0.6 is 15.9 Å². The Labute approximate surface area is 185 Å². The predicted molar refractivity (Wildman–Crippen MR) is 121 cm³/mol. The highest BCUT2D eigenvalue weighted by Crippen LogP contribution is 2.35. The molecule has 2 aromatic carbocycles. The van der Waals surface area contributed by atoms with E-state index in [-0.39, 0.29) is 0 Å². The monoisotopic (exact) mass is 473 g/mol. The number of benzene rings is 2. The summed E-state index contributed by atoms with van der Waals surface area (Å²) in [6, 6.07) is 12.2. The lowest BCUT2D eigenvalue weighted by Gasteiger charge is -2.16. The highest BCUT2D eigenvalue weighted by molar-refractivity contribution is 9.10. The van der Waals surface area contributed by atoms with Gasteiger partial charge < -0.3 is 14.8 Å². The molecule has 0 saturated heterocycles. The molecule has 160 valence electrons. The zero-order valence-electron chi connectivity index (χ0n) is 17.7. The largest absolute Gasteiger partial charge is 0.490 e. The molecule has 0 unspecified atom stereocenters. The van der Waals surface area contributed by atoms with E-state index in [1.165, 1.54) is 5.56 Å². The lowest BCUT2D eigenvalue weighted by molar-refractivity contribution is 0.268. The normalized spacial score (nSPS) is 10.8. The topological polar surface area (TPSA) is 74.1 Å². The van der Waals surface area contributed by atoms with Gasteiger partial charge in [0.05, 0.1) is 6.61 Å². The molecule has 0 atom stereocenters. The number of aryl methyl sites for hydroxylation is 2. The Kier molecular flexibility index (Phi) is 8.07. The molecule has 0 bridgehead atoms. The maximum Gasteiger partial charge on any atom is 0.243 e. The van der Waals surface area contributed by atoms with E-state index in [0.717, 1.165) is 40.7 Å². The number of anilines is 1. The van der Waals surface area contributed by atoms with Gasteiger partial charge in [0.25, 0.3) is 0 Å². The second-order valence-electron chi connectivity index (χ2n) is 6.97. The van der Waals surface area contributed by atoms with Crippen molar-refractivity contribution in [2.45, 2.75) is 53.3 Å². The van der Waals surface area contributed by atoms with Crippen molar-refractivity contribution >= 4 is 21.9 Å². The fraction of sp³-hybridized carbons (Fsp3) is 0.409. The van der Waals surface area contributed by atoms with E-state index in [9.17, 15) is 0 Å². The minimum absolute atomic E-state index is 0.489. The van der Waals surface area contributed by atoms with Gasteiger partial charge in [-0.25, -0.2) is 4.68 Å². The van der Waals surface area contributed by atoms with Crippen LogP contribution in [0.5, 0.6) is 11.5 Å². The summed E-state index contributed by atoms with van der Waals surface area (Å²) < 4.78 is 14.7. The molecule has 1 N–H and O–H groups in total. The first-order valence-electron chi connectivity index (χ1n) is 10.2. The summed E-state index contributed by atoms with van der Waals surface area (Å²) in [4.78, 5) is 0. The zero-order chi connectivity index (χ0) is 21.3. The minimum atomic E-state index is 0.489. The molecule has 3 aromatic rings. The first-order valence-corrected chi connectivity index (χ1v) is 11.0. The van der Waals surface area contributed by atoms with Gasteiger partial charge in [0.1, 0.15) is 6.61 Å². The molecule has 7 nitrogen and oxygen atoms in total. The van der Waals surface area contributed by atoms with E-state index >= 15 is 0 Å². The molecule has 8 heteroatoms. The standard InChI is InChI=1S/C22H28BrN5O2/c1-4-6-11-28-22(25-26-27-28)24-14-18-12-20(29-5-2)21(13-19(18)23)30-15-17-10-8-7-9-16(17)3/h7-10,12-13H,4-6,11,14-15H2,1-3H3,(H,24,25,27). The lowest BCUT2D eigenvalue weighted by Crippen LogP contribution is -2.10. The summed E-state index contributed by atoms with van der Waals surface area (Å²) in [6.45, 7) is 8.60. The first-order chi connectivity index (χ1) is 14.6. The number of halogens is 1. The van der Waals surface area contributed by atoms with Crippen molar-refractivity contribution in [2.75, 3.05) is 11.9 Å². The molecule has 0 spiro atoms. The Bertz CT molecular complexity index is 960. The SMILES string of the molecule is CCCCn1nnnc1NCc1cc(OCC)c(OCc2ccccc2C)cc1Br. The Balaban J connectivity index is 1.72. The van der Waals surface area contributed by atoms with Crippen molar-refractivity contribution in [3.8, 4) is 11.5 Å². The fourth-order valence-electron chi connectivity index (χ4n) is 2.99. The zero-order valence-corrected chi connectivity index (χ0v) is 19.3. The number of nitrogens with zero attached hydrogens (tertiary/aromatic N) is 4. The number of tetrazole rings is 1. The molecule has 0 radical (unpaired) electrons. The van der Waals surface area contributed by atoms with E-state index < -0.39 is 0 Å². The van der Waals surface area contributed by atoms with Gasteiger partial charge in [-0.3, -0.25) is 0 Å². The summed E-state index contributed by atoms with van der Waals surface area (Å²) in [6.07, 6.45) is 2.12. The van der Waals surface area contributed by atoms with Gasteiger partial charge in [-0.05, 0) is 59.5 Å². The Hall–Kier alpha value is -2.61. The van der Waals surface area contributed by atoms with Crippen molar-refractivity contribution in [1.82, 2.24) is 20.2 Å². The molecule has 1 heterocycles. The second-order valence-corrected chi connectivity index (χ2v) is 7.83. The van der Waals surface area contributed by atoms with Crippen LogP contribution in [0.2, 0.25) is 0 Å². The van der Waals surface area contributed by atoms with Crippen LogP contribution in [0.1, 0.15) is 43.4 Å². The number of hydrogen-bond acceptors (Lipinski definition) is 6. The molecule has 3 rings (SSSR count). The third kappa shape index (κ3) is 5.72. The van der Waals surface area contributed by atoms with Gasteiger partial charge in [0, 0.05) is 17.6 Å². The molecule has 0 aliphatic rings. The average Bonchev–Trinajstić information content (AvgIpc) is 3.19. The molecule has 1 aromatic heterocycles. The minimum Gasteiger partial charge on any atom is -0.490 e. The van der Waals surface area contributed by atoms with E-state index in [2.05, 4.69) is 62.8 Å². The Morgan fingerprint density at radius 1 is 1.07 bits per heavy atom. The van der Waals surface area contributed by atoms with E-state index in [1.54, 1.807) is 4.68 Å². The van der Waals surface area contributed by atoms with Crippen LogP contribution in [-0.4, -0.2) is 26.8 Å². The maximum atomic E-state index is 6.09. The van der Waals surface area contributed by atoms with Gasteiger partial charge in [0.2, 0.25) is 5.95 Å². The molecule has 0 fully saturated rings. The maximum absolute atomic E-state index is 6.09. The van der Waals surface area contributed by atoms with Crippen molar-refractivity contribution < 1.29 is 9.47 Å². The van der Waals surface area contributed by atoms with Crippen molar-refractivity contribution in [1.29, 1.82) is 0 Å². The van der Waals surface area contributed by atoms with Gasteiger partial charge in [-0.2, -0.15) is 0 Å². The summed E-state index contributed by atoms with van der Waals surface area (Å²) in [5.41, 5.74) is 3.39. The number of aromatic nitrogens is 4. The lowest BCUT2D eigenvalue weighted by atomic mass is 10.1. The number of unbranched alkanes of at least 4 members (excludes halogenated alkanes) is 1. The molecule has 30 heavy (non-hydrogen) atoms. The van der Waals surface area contributed by atoms with Crippen LogP contribution in [-0.2, 0) is 19.7 Å². The van der Waals surface area contributed by atoms with Crippen LogP contribution in [0.25, 0.3) is 0 Å². The second kappa shape index (κ2) is 11.0. The van der Waals surface area contributed by atoms with E-state index in [1.807, 2.05) is 31.2 Å². The van der Waals surface area contributed by atoms with Gasteiger partial charge >= 0.3 is 0 Å². The Morgan fingerprint density at radius 2 is 1.87 bits per heavy atom. The van der Waals surface area contributed by atoms with Crippen LogP contribution < -0.4 is 14.8 Å². The van der Waals surface area contributed by atoms with Crippen molar-refractivity contribution in [2.24, 2.45) is 0 Å². The van der Waals surface area contributed by atoms with E-state index in [0.29, 0.717) is 31.5 Å². The summed E-state index contributed by atoms with van der Waals surface area (Å²) in [5.74, 6) is 2.09. The molecule has 0 aliphatic heterocycles.